The summed E-state index contributed by atoms with van der Waals surface area (Å²) in [5, 5.41) is 13.5. The molecular weight excluding hydrogens is 268 g/mol. The molecule has 21 heavy (non-hydrogen) atoms. The van der Waals surface area contributed by atoms with Crippen LogP contribution in [0.2, 0.25) is 0 Å². The van der Waals surface area contributed by atoms with Gasteiger partial charge in [0.15, 0.2) is 0 Å². The van der Waals surface area contributed by atoms with Gasteiger partial charge in [-0.3, -0.25) is 14.6 Å². The number of carbonyl (C=O) groups is 1. The molecule has 0 atom stereocenters. The monoisotopic (exact) mass is 282 g/mol. The van der Waals surface area contributed by atoms with E-state index in [-0.39, 0.29) is 11.7 Å². The highest BCUT2D eigenvalue weighted by Crippen LogP contribution is 2.16. The van der Waals surface area contributed by atoms with Gasteiger partial charge in [-0.05, 0) is 24.6 Å². The third-order valence-electron chi connectivity index (χ3n) is 2.96. The summed E-state index contributed by atoms with van der Waals surface area (Å²) in [4.78, 5) is 16.1. The Morgan fingerprint density at radius 3 is 2.90 bits per heavy atom. The Hall–Kier alpha value is -2.96. The topological polar surface area (TPSA) is 88.5 Å². The predicted octanol–water partition coefficient (Wildman–Crippen LogP) is 1.61. The van der Waals surface area contributed by atoms with Crippen LogP contribution in [0.25, 0.3) is 0 Å². The van der Waals surface area contributed by atoms with Gasteiger partial charge in [0, 0.05) is 18.1 Å². The Morgan fingerprint density at radius 1 is 1.33 bits per heavy atom. The summed E-state index contributed by atoms with van der Waals surface area (Å²) >= 11 is 0. The quantitative estimate of drug-likeness (QED) is 0.761. The molecule has 0 bridgehead atoms. The number of hydrogen-bond acceptors (Lipinski definition) is 4. The second-order valence-corrected chi connectivity index (χ2v) is 4.56. The first kappa shape index (κ1) is 13.0. The predicted molar refractivity (Wildman–Crippen MR) is 76.8 cm³/mol. The van der Waals surface area contributed by atoms with Crippen LogP contribution in [0.5, 0.6) is 0 Å². The van der Waals surface area contributed by atoms with E-state index >= 15 is 0 Å². The Balaban J connectivity index is 1.80. The van der Waals surface area contributed by atoms with Gasteiger partial charge >= 0.3 is 0 Å². The summed E-state index contributed by atoms with van der Waals surface area (Å²) in [5.74, 6) is 0.388. The first-order valence-corrected chi connectivity index (χ1v) is 6.48. The molecule has 7 nitrogen and oxygen atoms in total. The van der Waals surface area contributed by atoms with E-state index in [0.29, 0.717) is 12.4 Å². The molecule has 3 rings (SSSR count). The zero-order valence-corrected chi connectivity index (χ0v) is 11.4. The number of nitrogens with one attached hydrogen (secondary N) is 2. The molecule has 0 aliphatic heterocycles. The number of rotatable bonds is 4. The van der Waals surface area contributed by atoms with Crippen LogP contribution >= 0.6 is 0 Å². The average Bonchev–Trinajstić information content (AvgIpc) is 3.12. The summed E-state index contributed by atoms with van der Waals surface area (Å²) in [6, 6.07) is 9.44. The van der Waals surface area contributed by atoms with Gasteiger partial charge in [0.25, 0.3) is 5.91 Å². The molecule has 0 radical (unpaired) electrons. The second-order valence-electron chi connectivity index (χ2n) is 4.56. The van der Waals surface area contributed by atoms with Crippen LogP contribution in [-0.2, 0) is 6.54 Å². The van der Waals surface area contributed by atoms with Crippen molar-refractivity contribution in [3.8, 4) is 0 Å². The molecule has 106 valence electrons. The van der Waals surface area contributed by atoms with E-state index in [9.17, 15) is 4.79 Å². The number of H-pyrrole nitrogens is 1. The number of aromatic amines is 1. The maximum absolute atomic E-state index is 12.1. The molecule has 1 amide bonds. The minimum atomic E-state index is -0.340. The second kappa shape index (κ2) is 5.58. The number of nitrogens with zero attached hydrogens (tertiary/aromatic N) is 4. The van der Waals surface area contributed by atoms with Gasteiger partial charge in [-0.1, -0.05) is 18.2 Å². The van der Waals surface area contributed by atoms with Crippen molar-refractivity contribution in [2.24, 2.45) is 0 Å². The van der Waals surface area contributed by atoms with Gasteiger partial charge < -0.3 is 5.32 Å². The standard InChI is InChI=1S/C14H14N6O/c1-10-16-13(19-18-10)14(21)17-12-6-3-2-5-11(12)9-20-8-4-7-15-20/h2-8H,9H2,1H3,(H,17,21)(H,16,18,19). The van der Waals surface area contributed by atoms with Crippen LogP contribution in [0.1, 0.15) is 22.0 Å². The number of aryl methyl sites for hydroxylation is 1. The molecule has 0 unspecified atom stereocenters. The molecule has 0 aliphatic carbocycles. The summed E-state index contributed by atoms with van der Waals surface area (Å²) in [5.41, 5.74) is 1.68. The number of benzene rings is 1. The zero-order valence-electron chi connectivity index (χ0n) is 11.4. The SMILES string of the molecule is Cc1nc(C(=O)Nc2ccccc2Cn2cccn2)n[nH]1. The van der Waals surface area contributed by atoms with Crippen molar-refractivity contribution in [3.63, 3.8) is 0 Å². The Kier molecular flexibility index (Phi) is 3.46. The van der Waals surface area contributed by atoms with Crippen molar-refractivity contribution < 1.29 is 4.79 Å². The molecule has 2 aromatic heterocycles. The third-order valence-corrected chi connectivity index (χ3v) is 2.96. The first-order valence-electron chi connectivity index (χ1n) is 6.48. The van der Waals surface area contributed by atoms with Gasteiger partial charge in [-0.25, -0.2) is 4.98 Å². The minimum absolute atomic E-state index is 0.126. The Labute approximate surface area is 121 Å². The van der Waals surface area contributed by atoms with Crippen molar-refractivity contribution in [3.05, 3.63) is 59.9 Å². The van der Waals surface area contributed by atoms with Gasteiger partial charge in [-0.2, -0.15) is 5.10 Å². The Bertz CT molecular complexity index is 746. The number of hydrogen-bond donors (Lipinski definition) is 2. The van der Waals surface area contributed by atoms with Crippen LogP contribution in [0.3, 0.4) is 0 Å². The molecule has 0 saturated carbocycles. The number of para-hydroxylation sites is 1. The van der Waals surface area contributed by atoms with E-state index in [1.807, 2.05) is 36.5 Å². The van der Waals surface area contributed by atoms with Crippen molar-refractivity contribution in [1.82, 2.24) is 25.0 Å². The molecule has 0 spiro atoms. The molecule has 2 heterocycles. The first-order chi connectivity index (χ1) is 10.2. The van der Waals surface area contributed by atoms with Crippen LogP contribution in [0, 0.1) is 6.92 Å². The van der Waals surface area contributed by atoms with Crippen LogP contribution < -0.4 is 5.32 Å². The summed E-state index contributed by atoms with van der Waals surface area (Å²) in [6.45, 7) is 2.33. The van der Waals surface area contributed by atoms with E-state index in [4.69, 9.17) is 0 Å². The van der Waals surface area contributed by atoms with Crippen LogP contribution in [0.4, 0.5) is 5.69 Å². The zero-order chi connectivity index (χ0) is 14.7. The molecule has 0 aliphatic rings. The highest BCUT2D eigenvalue weighted by molar-refractivity contribution is 6.01. The molecule has 0 fully saturated rings. The highest BCUT2D eigenvalue weighted by Gasteiger charge is 2.13. The van der Waals surface area contributed by atoms with Crippen molar-refractivity contribution in [2.45, 2.75) is 13.5 Å². The van der Waals surface area contributed by atoms with E-state index in [0.717, 1.165) is 11.3 Å². The van der Waals surface area contributed by atoms with Gasteiger partial charge in [0.05, 0.1) is 6.54 Å². The summed E-state index contributed by atoms with van der Waals surface area (Å²) < 4.78 is 1.79. The number of amides is 1. The van der Waals surface area contributed by atoms with Gasteiger partial charge in [0.2, 0.25) is 5.82 Å². The summed E-state index contributed by atoms with van der Waals surface area (Å²) in [7, 11) is 0. The fraction of sp³-hybridized carbons (Fsp3) is 0.143. The van der Waals surface area contributed by atoms with E-state index < -0.39 is 0 Å². The van der Waals surface area contributed by atoms with E-state index in [2.05, 4.69) is 25.6 Å². The lowest BCUT2D eigenvalue weighted by Gasteiger charge is -2.10. The van der Waals surface area contributed by atoms with Gasteiger partial charge in [0.1, 0.15) is 5.82 Å². The summed E-state index contributed by atoms with van der Waals surface area (Å²) in [6.07, 6.45) is 3.59. The smallest absolute Gasteiger partial charge is 0.295 e. The van der Waals surface area contributed by atoms with Crippen molar-refractivity contribution in [2.75, 3.05) is 5.32 Å². The molecular formula is C14H14N6O. The Morgan fingerprint density at radius 2 is 2.19 bits per heavy atom. The van der Waals surface area contributed by atoms with Gasteiger partial charge in [-0.15, -0.1) is 5.10 Å². The molecule has 1 aromatic carbocycles. The number of aromatic nitrogens is 5. The average molecular weight is 282 g/mol. The van der Waals surface area contributed by atoms with E-state index in [1.165, 1.54) is 0 Å². The third kappa shape index (κ3) is 2.97. The number of anilines is 1. The van der Waals surface area contributed by atoms with E-state index in [1.54, 1.807) is 17.8 Å². The lowest BCUT2D eigenvalue weighted by Crippen LogP contribution is -2.16. The van der Waals surface area contributed by atoms with Crippen LogP contribution in [0.15, 0.2) is 42.7 Å². The maximum Gasteiger partial charge on any atom is 0.295 e. The lowest BCUT2D eigenvalue weighted by molar-refractivity contribution is 0.101. The fourth-order valence-electron chi connectivity index (χ4n) is 1.97. The largest absolute Gasteiger partial charge is 0.319 e. The minimum Gasteiger partial charge on any atom is -0.319 e. The lowest BCUT2D eigenvalue weighted by atomic mass is 10.1. The maximum atomic E-state index is 12.1. The van der Waals surface area contributed by atoms with Crippen LogP contribution in [-0.4, -0.2) is 30.9 Å². The van der Waals surface area contributed by atoms with Crippen molar-refractivity contribution in [1.29, 1.82) is 0 Å². The molecule has 2 N–H and O–H groups in total. The molecule has 7 heteroatoms. The number of carbonyl (C=O) groups excluding carboxylic acids is 1. The van der Waals surface area contributed by atoms with Crippen molar-refractivity contribution >= 4 is 11.6 Å². The molecule has 0 saturated heterocycles. The normalized spacial score (nSPS) is 10.5. The molecule has 3 aromatic rings. The highest BCUT2D eigenvalue weighted by atomic mass is 16.2. The fourth-order valence-corrected chi connectivity index (χ4v) is 1.97.